The number of nitrogens with zero attached hydrogens (tertiary/aromatic N) is 8. The summed E-state index contributed by atoms with van der Waals surface area (Å²) in [5.41, 5.74) is 5.33. The van der Waals surface area contributed by atoms with Crippen molar-refractivity contribution in [3.63, 3.8) is 0 Å². The number of nitrogens with one attached hydrogen (secondary N) is 1. The van der Waals surface area contributed by atoms with Crippen molar-refractivity contribution >= 4 is 75.2 Å². The fourth-order valence-electron chi connectivity index (χ4n) is 3.68. The molecule has 21 heteroatoms. The third-order valence-electron chi connectivity index (χ3n) is 5.44. The quantitative estimate of drug-likeness (QED) is 0.0497. The van der Waals surface area contributed by atoms with E-state index in [2.05, 4.69) is 46.9 Å². The topological polar surface area (TPSA) is 250 Å². The summed E-state index contributed by atoms with van der Waals surface area (Å²) in [6, 6.07) is -1.05. The minimum Gasteiger partial charge on any atom is -0.477 e. The second kappa shape index (κ2) is 13.3. The molecule has 1 fully saturated rings. The number of carbonyl (C=O) groups is 4. The lowest BCUT2D eigenvalue weighted by Gasteiger charge is -2.49. The van der Waals surface area contributed by atoms with Gasteiger partial charge in [-0.1, -0.05) is 28.0 Å². The molecule has 0 bridgehead atoms. The number of oxime groups is 2. The van der Waals surface area contributed by atoms with Crippen LogP contribution in [0.3, 0.4) is 0 Å². The normalized spacial score (nSPS) is 18.6. The molecule has 220 valence electrons. The lowest BCUT2D eigenvalue weighted by molar-refractivity contribution is -0.150. The number of fused-ring (bicyclic) bond motifs is 1. The first-order valence-electron chi connectivity index (χ1n) is 11.4. The number of tetrazole rings is 1. The van der Waals surface area contributed by atoms with E-state index < -0.39 is 35.2 Å². The van der Waals surface area contributed by atoms with Crippen molar-refractivity contribution in [2.45, 2.75) is 23.1 Å². The molecule has 2 amide bonds. The largest absolute Gasteiger partial charge is 0.477 e. The van der Waals surface area contributed by atoms with E-state index in [0.29, 0.717) is 5.57 Å². The number of nitrogen functional groups attached to an aromatic ring is 1. The number of hydrogen-bond donors (Lipinski definition) is 4. The fourth-order valence-corrected chi connectivity index (χ4v) is 6.59. The first-order valence-corrected chi connectivity index (χ1v) is 14.4. The van der Waals surface area contributed by atoms with E-state index in [1.165, 1.54) is 28.9 Å². The smallest absolute Gasteiger partial charge is 0.355 e. The van der Waals surface area contributed by atoms with Crippen LogP contribution in [0, 0.1) is 12.3 Å². The first-order chi connectivity index (χ1) is 20.2. The van der Waals surface area contributed by atoms with E-state index in [-0.39, 0.29) is 57.8 Å². The van der Waals surface area contributed by atoms with Crippen molar-refractivity contribution in [1.29, 1.82) is 0 Å². The van der Waals surface area contributed by atoms with Gasteiger partial charge in [0, 0.05) is 16.9 Å². The average Bonchev–Trinajstić information content (AvgIpc) is 3.60. The molecule has 1 saturated heterocycles. The van der Waals surface area contributed by atoms with Gasteiger partial charge in [0.1, 0.15) is 29.9 Å². The number of rotatable bonds is 13. The zero-order valence-electron chi connectivity index (χ0n) is 21.4. The number of carbonyl (C=O) groups excluding carboxylic acids is 2. The van der Waals surface area contributed by atoms with Crippen molar-refractivity contribution in [3.8, 4) is 12.3 Å². The molecule has 0 spiro atoms. The maximum absolute atomic E-state index is 13.1. The van der Waals surface area contributed by atoms with Crippen molar-refractivity contribution in [3.05, 3.63) is 22.3 Å². The maximum atomic E-state index is 13.1. The number of β-lactam (4-membered cyclic amide) rings is 1. The van der Waals surface area contributed by atoms with Gasteiger partial charge >= 0.3 is 11.9 Å². The molecule has 0 aromatic carbocycles. The summed E-state index contributed by atoms with van der Waals surface area (Å²) >= 11 is 3.35. The molecule has 2 aromatic rings. The number of thioether (sulfide) groups is 2. The number of terminal acetylenes is 1. The number of amides is 2. The van der Waals surface area contributed by atoms with Gasteiger partial charge in [-0.05, 0) is 16.0 Å². The number of aromatic nitrogens is 5. The molecule has 0 radical (unpaired) electrons. The third-order valence-corrected chi connectivity index (χ3v) is 8.50. The minimum atomic E-state index is -1.34. The fraction of sp³-hybridized carbons (Fsp3) is 0.333. The van der Waals surface area contributed by atoms with Crippen LogP contribution in [0.25, 0.3) is 0 Å². The average molecular weight is 637 g/mol. The predicted molar refractivity (Wildman–Crippen MR) is 148 cm³/mol. The van der Waals surface area contributed by atoms with Gasteiger partial charge < -0.3 is 30.9 Å². The second-order valence-corrected chi connectivity index (χ2v) is 11.0. The van der Waals surface area contributed by atoms with Gasteiger partial charge in [0.15, 0.2) is 23.2 Å². The van der Waals surface area contributed by atoms with Crippen molar-refractivity contribution < 1.29 is 39.1 Å². The molecular formula is C21H20N10O8S3. The van der Waals surface area contributed by atoms with Gasteiger partial charge in [-0.2, -0.15) is 0 Å². The Morgan fingerprint density at radius 1 is 1.36 bits per heavy atom. The highest BCUT2D eigenvalue weighted by Gasteiger charge is 2.54. The molecule has 4 rings (SSSR count). The molecule has 2 unspecified atom stereocenters. The van der Waals surface area contributed by atoms with Gasteiger partial charge in [0.05, 0.1) is 6.54 Å². The Morgan fingerprint density at radius 3 is 2.79 bits per heavy atom. The lowest BCUT2D eigenvalue weighted by Crippen LogP contribution is -2.71. The van der Waals surface area contributed by atoms with Gasteiger partial charge in [-0.3, -0.25) is 14.5 Å². The van der Waals surface area contributed by atoms with E-state index in [0.717, 1.165) is 28.0 Å². The summed E-state index contributed by atoms with van der Waals surface area (Å²) in [4.78, 5) is 64.3. The Hall–Kier alpha value is -4.68. The molecule has 2 atom stereocenters. The van der Waals surface area contributed by atoms with Gasteiger partial charge in [-0.25, -0.2) is 19.3 Å². The van der Waals surface area contributed by atoms with E-state index in [9.17, 15) is 29.4 Å². The Balaban J connectivity index is 1.48. The van der Waals surface area contributed by atoms with Crippen LogP contribution in [-0.2, 0) is 35.4 Å². The first kappa shape index (κ1) is 30.3. The van der Waals surface area contributed by atoms with E-state index >= 15 is 0 Å². The van der Waals surface area contributed by atoms with Crippen LogP contribution >= 0.6 is 34.9 Å². The molecule has 2 aliphatic heterocycles. The highest BCUT2D eigenvalue weighted by Crippen LogP contribution is 2.41. The molecule has 4 heterocycles. The van der Waals surface area contributed by atoms with Crippen LogP contribution in [0.5, 0.6) is 0 Å². The van der Waals surface area contributed by atoms with Crippen LogP contribution in [-0.4, -0.2) is 112 Å². The Labute approximate surface area is 248 Å². The van der Waals surface area contributed by atoms with Crippen LogP contribution < -0.4 is 11.1 Å². The Kier molecular flexibility index (Phi) is 9.60. The lowest BCUT2D eigenvalue weighted by atomic mass is 10.0. The molecule has 2 aromatic heterocycles. The number of carboxylic acid groups (broad SMARTS) is 2. The molecule has 0 aliphatic carbocycles. The van der Waals surface area contributed by atoms with Crippen LogP contribution in [0.2, 0.25) is 0 Å². The molecular weight excluding hydrogens is 616 g/mol. The van der Waals surface area contributed by atoms with E-state index in [4.69, 9.17) is 17.0 Å². The molecule has 42 heavy (non-hydrogen) atoms. The third kappa shape index (κ3) is 6.45. The van der Waals surface area contributed by atoms with Gasteiger partial charge in [-0.15, -0.1) is 34.6 Å². The number of hydrogen-bond acceptors (Lipinski definition) is 16. The maximum Gasteiger partial charge on any atom is 0.355 e. The van der Waals surface area contributed by atoms with Gasteiger partial charge in [0.2, 0.25) is 5.16 Å². The van der Waals surface area contributed by atoms with Crippen molar-refractivity contribution in [1.82, 2.24) is 35.4 Å². The van der Waals surface area contributed by atoms with Crippen molar-refractivity contribution in [2.24, 2.45) is 10.3 Å². The van der Waals surface area contributed by atoms with Crippen LogP contribution in [0.1, 0.15) is 5.69 Å². The summed E-state index contributed by atoms with van der Waals surface area (Å²) in [6.07, 6.45) is 5.16. The SMILES string of the molecule is C#CCO/N=C(/C(=O)NC1C(=O)N2C(C(=O)O)=C(CSc3nnnn3C/C(=N/OC)C(=O)O)CSC12)c1csc(N)n1. The molecule has 18 nitrogen and oxygen atoms in total. The summed E-state index contributed by atoms with van der Waals surface area (Å²) in [5.74, 6) is -1.62. The van der Waals surface area contributed by atoms with Crippen molar-refractivity contribution in [2.75, 3.05) is 31.0 Å². The van der Waals surface area contributed by atoms with E-state index in [1.54, 1.807) is 0 Å². The highest BCUT2D eigenvalue weighted by atomic mass is 32.2. The minimum absolute atomic E-state index is 0.0704. The second-order valence-electron chi connectivity index (χ2n) is 8.04. The zero-order chi connectivity index (χ0) is 30.4. The Morgan fingerprint density at radius 2 is 2.14 bits per heavy atom. The summed E-state index contributed by atoms with van der Waals surface area (Å²) in [5, 5.41) is 41.2. The van der Waals surface area contributed by atoms with Gasteiger partial charge in [0.25, 0.3) is 11.8 Å². The monoisotopic (exact) mass is 636 g/mol. The standard InChI is InChI=1S/C21H20N10O8S3/c1-3-4-39-27-12(11-8-41-20(22)23-11)15(32)24-13-16(33)31-14(19(36)37)9(6-40-17(13)31)7-42-21-25-28-29-30(21)5-10(18(34)35)26-38-2/h1,8,13,17H,4-7H2,2H3,(H2,22,23)(H,24,32)(H,34,35)(H,36,37)/b26-10-,27-12+. The number of aliphatic carboxylic acids is 2. The number of thiazole rings is 1. The molecule has 2 aliphatic rings. The van der Waals surface area contributed by atoms with E-state index in [1.807, 2.05) is 0 Å². The summed E-state index contributed by atoms with van der Waals surface area (Å²) in [7, 11) is 1.19. The number of nitrogens with two attached hydrogens (primary N) is 1. The summed E-state index contributed by atoms with van der Waals surface area (Å²) in [6.45, 7) is -0.523. The number of carboxylic acids is 2. The number of anilines is 1. The predicted octanol–water partition coefficient (Wildman–Crippen LogP) is -1.32. The zero-order valence-corrected chi connectivity index (χ0v) is 23.8. The van der Waals surface area contributed by atoms with Crippen LogP contribution in [0.4, 0.5) is 5.13 Å². The molecule has 0 saturated carbocycles. The van der Waals surface area contributed by atoms with Crippen LogP contribution in [0.15, 0.2) is 32.1 Å². The molecule has 5 N–H and O–H groups in total. The Bertz CT molecular complexity index is 1540. The highest BCUT2D eigenvalue weighted by molar-refractivity contribution is 8.01. The summed E-state index contributed by atoms with van der Waals surface area (Å²) < 4.78 is 1.17.